The molecule has 0 spiro atoms. The summed E-state index contributed by atoms with van der Waals surface area (Å²) in [4.78, 5) is 23.2. The number of hydrogen-bond donors (Lipinski definition) is 1. The molecule has 1 aromatic carbocycles. The number of ether oxygens (including phenoxy) is 1. The van der Waals surface area contributed by atoms with Gasteiger partial charge in [-0.05, 0) is 24.6 Å². The maximum Gasteiger partial charge on any atom is 0.329 e. The summed E-state index contributed by atoms with van der Waals surface area (Å²) in [5.74, 6) is -0.704. The molecule has 1 aliphatic rings. The molecule has 1 saturated heterocycles. The lowest BCUT2D eigenvalue weighted by Gasteiger charge is -2.17. The van der Waals surface area contributed by atoms with Crippen LogP contribution >= 0.6 is 11.6 Å². The maximum absolute atomic E-state index is 11.8. The van der Waals surface area contributed by atoms with Gasteiger partial charge in [0.1, 0.15) is 6.04 Å². The average Bonchev–Trinajstić information content (AvgIpc) is 2.73. The predicted octanol–water partition coefficient (Wildman–Crippen LogP) is 1.88. The van der Waals surface area contributed by atoms with Gasteiger partial charge in [-0.15, -0.1) is 0 Å². The molecule has 0 unspecified atom stereocenters. The van der Waals surface area contributed by atoms with Crippen LogP contribution in [0.1, 0.15) is 24.8 Å². The monoisotopic (exact) mass is 267 g/mol. The van der Waals surface area contributed by atoms with Crippen molar-refractivity contribution in [2.24, 2.45) is 0 Å². The third kappa shape index (κ3) is 2.64. The minimum Gasteiger partial charge on any atom is -0.464 e. The van der Waals surface area contributed by atoms with Crippen molar-refractivity contribution in [3.63, 3.8) is 0 Å². The zero-order valence-electron chi connectivity index (χ0n) is 9.98. The summed E-state index contributed by atoms with van der Waals surface area (Å²) in [5, 5.41) is 3.28. The number of esters is 1. The van der Waals surface area contributed by atoms with Crippen molar-refractivity contribution < 1.29 is 14.3 Å². The molecular formula is C13H14ClNO3. The summed E-state index contributed by atoms with van der Waals surface area (Å²) in [6.07, 6.45) is 0.297. The van der Waals surface area contributed by atoms with Crippen LogP contribution in [0.15, 0.2) is 24.3 Å². The molecule has 96 valence electrons. The van der Waals surface area contributed by atoms with E-state index in [2.05, 4.69) is 5.32 Å². The molecule has 18 heavy (non-hydrogen) atoms. The second-order valence-electron chi connectivity index (χ2n) is 4.16. The van der Waals surface area contributed by atoms with Crippen molar-refractivity contribution in [2.45, 2.75) is 25.3 Å². The van der Waals surface area contributed by atoms with Crippen LogP contribution in [0.3, 0.4) is 0 Å². The molecule has 1 aromatic rings. The predicted molar refractivity (Wildman–Crippen MR) is 67.4 cm³/mol. The van der Waals surface area contributed by atoms with E-state index in [0.717, 1.165) is 5.56 Å². The highest BCUT2D eigenvalue weighted by Gasteiger charge is 2.39. The quantitative estimate of drug-likeness (QED) is 0.851. The van der Waals surface area contributed by atoms with E-state index in [1.807, 2.05) is 12.1 Å². The number of benzene rings is 1. The number of carbonyl (C=O) groups excluding carboxylic acids is 2. The van der Waals surface area contributed by atoms with Gasteiger partial charge in [0, 0.05) is 17.4 Å². The van der Waals surface area contributed by atoms with Crippen LogP contribution in [-0.2, 0) is 14.3 Å². The van der Waals surface area contributed by atoms with Crippen molar-refractivity contribution in [3.05, 3.63) is 34.9 Å². The van der Waals surface area contributed by atoms with Gasteiger partial charge in [-0.2, -0.15) is 0 Å². The van der Waals surface area contributed by atoms with E-state index >= 15 is 0 Å². The summed E-state index contributed by atoms with van der Waals surface area (Å²) < 4.78 is 4.97. The molecule has 5 heteroatoms. The number of rotatable bonds is 3. The standard InChI is InChI=1S/C13H14ClNO3/c1-2-18-13(17)12-10(7-11(16)15-12)8-3-5-9(14)6-4-8/h3-6,10,12H,2,7H2,1H3,(H,15,16)/t10-,12+/m0/s1. The Morgan fingerprint density at radius 3 is 2.72 bits per heavy atom. The summed E-state index contributed by atoms with van der Waals surface area (Å²) >= 11 is 5.82. The van der Waals surface area contributed by atoms with Gasteiger partial charge in [0.2, 0.25) is 5.91 Å². The third-order valence-electron chi connectivity index (χ3n) is 2.96. The van der Waals surface area contributed by atoms with Gasteiger partial charge in [0.25, 0.3) is 0 Å². The lowest BCUT2D eigenvalue weighted by atomic mass is 9.92. The van der Waals surface area contributed by atoms with Gasteiger partial charge in [-0.25, -0.2) is 4.79 Å². The highest BCUT2D eigenvalue weighted by molar-refractivity contribution is 6.30. The Balaban J connectivity index is 2.21. The fourth-order valence-corrected chi connectivity index (χ4v) is 2.25. The first kappa shape index (κ1) is 12.9. The lowest BCUT2D eigenvalue weighted by Crippen LogP contribution is -2.37. The fraction of sp³-hybridized carbons (Fsp3) is 0.385. The molecule has 2 atom stereocenters. The first-order valence-corrected chi connectivity index (χ1v) is 6.21. The smallest absolute Gasteiger partial charge is 0.329 e. The molecule has 0 saturated carbocycles. The number of hydrogen-bond acceptors (Lipinski definition) is 3. The normalized spacial score (nSPS) is 22.7. The summed E-state index contributed by atoms with van der Waals surface area (Å²) in [5.41, 5.74) is 0.913. The molecule has 1 aliphatic heterocycles. The van der Waals surface area contributed by atoms with Gasteiger partial charge in [-0.3, -0.25) is 4.79 Å². The van der Waals surface area contributed by atoms with Gasteiger partial charge < -0.3 is 10.1 Å². The van der Waals surface area contributed by atoms with Crippen LogP contribution in [-0.4, -0.2) is 24.5 Å². The highest BCUT2D eigenvalue weighted by atomic mass is 35.5. The van der Waals surface area contributed by atoms with Crippen LogP contribution in [0, 0.1) is 0 Å². The SMILES string of the molecule is CCOC(=O)[C@@H]1NC(=O)C[C@H]1c1ccc(Cl)cc1. The van der Waals surface area contributed by atoms with Gasteiger partial charge in [0.05, 0.1) is 6.61 Å². The minimum absolute atomic E-state index is 0.131. The minimum atomic E-state index is -0.598. The number of carbonyl (C=O) groups is 2. The molecule has 4 nitrogen and oxygen atoms in total. The largest absolute Gasteiger partial charge is 0.464 e. The van der Waals surface area contributed by atoms with Crippen LogP contribution in [0.25, 0.3) is 0 Å². The summed E-state index contributed by atoms with van der Waals surface area (Å²) in [6, 6.07) is 6.57. The van der Waals surface area contributed by atoms with E-state index < -0.39 is 6.04 Å². The Hall–Kier alpha value is -1.55. The lowest BCUT2D eigenvalue weighted by molar-refractivity contribution is -0.146. The van der Waals surface area contributed by atoms with E-state index in [1.54, 1.807) is 19.1 Å². The Kier molecular flexibility index (Phi) is 3.87. The molecule has 1 fully saturated rings. The molecule has 0 radical (unpaired) electrons. The molecule has 2 rings (SSSR count). The Morgan fingerprint density at radius 2 is 2.11 bits per heavy atom. The zero-order valence-corrected chi connectivity index (χ0v) is 10.7. The van der Waals surface area contributed by atoms with Crippen molar-refractivity contribution in [2.75, 3.05) is 6.61 Å². The van der Waals surface area contributed by atoms with Gasteiger partial charge in [-0.1, -0.05) is 23.7 Å². The molecule has 0 aromatic heterocycles. The second kappa shape index (κ2) is 5.40. The summed E-state index contributed by atoms with van der Waals surface area (Å²) in [7, 11) is 0. The Labute approximate surface area is 110 Å². The van der Waals surface area contributed by atoms with Gasteiger partial charge >= 0.3 is 5.97 Å². The molecule has 1 amide bonds. The van der Waals surface area contributed by atoms with Crippen LogP contribution in [0.4, 0.5) is 0 Å². The topological polar surface area (TPSA) is 55.4 Å². The van der Waals surface area contributed by atoms with Crippen molar-refractivity contribution in [1.29, 1.82) is 0 Å². The van der Waals surface area contributed by atoms with Crippen molar-refractivity contribution in [1.82, 2.24) is 5.32 Å². The van der Waals surface area contributed by atoms with E-state index in [-0.39, 0.29) is 17.8 Å². The maximum atomic E-state index is 11.8. The summed E-state index contributed by atoms with van der Waals surface area (Å²) in [6.45, 7) is 2.05. The Bertz CT molecular complexity index is 458. The molecule has 0 bridgehead atoms. The first-order valence-electron chi connectivity index (χ1n) is 5.83. The molecule has 1 N–H and O–H groups in total. The molecule has 0 aliphatic carbocycles. The average molecular weight is 268 g/mol. The number of nitrogens with one attached hydrogen (secondary N) is 1. The van der Waals surface area contributed by atoms with Crippen LogP contribution in [0.5, 0.6) is 0 Å². The van der Waals surface area contributed by atoms with E-state index in [1.165, 1.54) is 0 Å². The molecular weight excluding hydrogens is 254 g/mol. The Morgan fingerprint density at radius 1 is 1.44 bits per heavy atom. The number of halogens is 1. The van der Waals surface area contributed by atoms with Gasteiger partial charge in [0.15, 0.2) is 0 Å². The first-order chi connectivity index (χ1) is 8.61. The third-order valence-corrected chi connectivity index (χ3v) is 3.21. The van der Waals surface area contributed by atoms with Crippen LogP contribution in [0.2, 0.25) is 5.02 Å². The second-order valence-corrected chi connectivity index (χ2v) is 4.60. The van der Waals surface area contributed by atoms with Crippen molar-refractivity contribution >= 4 is 23.5 Å². The van der Waals surface area contributed by atoms with Crippen molar-refractivity contribution in [3.8, 4) is 0 Å². The molecule has 1 heterocycles. The van der Waals surface area contributed by atoms with E-state index in [4.69, 9.17) is 16.3 Å². The fourth-order valence-electron chi connectivity index (χ4n) is 2.13. The number of amides is 1. The van der Waals surface area contributed by atoms with Crippen LogP contribution < -0.4 is 5.32 Å². The zero-order chi connectivity index (χ0) is 13.1. The van der Waals surface area contributed by atoms with E-state index in [9.17, 15) is 9.59 Å². The highest BCUT2D eigenvalue weighted by Crippen LogP contribution is 2.29. The van der Waals surface area contributed by atoms with E-state index in [0.29, 0.717) is 18.1 Å².